The van der Waals surface area contributed by atoms with Gasteiger partial charge in [-0.15, -0.1) is 11.3 Å². The van der Waals surface area contributed by atoms with Crippen LogP contribution in [-0.4, -0.2) is 28.2 Å². The lowest BCUT2D eigenvalue weighted by Gasteiger charge is -2.05. The number of carbonyl (C=O) groups is 1. The van der Waals surface area contributed by atoms with E-state index in [1.165, 1.54) is 22.2 Å². The molecule has 0 unspecified atom stereocenters. The fourth-order valence-corrected chi connectivity index (χ4v) is 3.97. The molecule has 20 heavy (non-hydrogen) atoms. The fraction of sp³-hybridized carbons (Fsp3) is 0.500. The van der Waals surface area contributed by atoms with Gasteiger partial charge in [0.2, 0.25) is 5.91 Å². The smallest absolute Gasteiger partial charge is 0.230 e. The third-order valence-electron chi connectivity index (χ3n) is 3.02. The number of hydrogen-bond donors (Lipinski definition) is 1. The van der Waals surface area contributed by atoms with Crippen LogP contribution in [0.25, 0.3) is 10.2 Å². The number of amides is 1. The van der Waals surface area contributed by atoms with E-state index in [4.69, 9.17) is 0 Å². The van der Waals surface area contributed by atoms with Crippen LogP contribution >= 0.6 is 23.1 Å². The van der Waals surface area contributed by atoms with Crippen LogP contribution in [0.1, 0.15) is 29.6 Å². The lowest BCUT2D eigenvalue weighted by atomic mass is 10.2. The highest BCUT2D eigenvalue weighted by atomic mass is 32.2. The molecule has 2 rings (SSSR count). The monoisotopic (exact) mass is 309 g/mol. The van der Waals surface area contributed by atoms with E-state index in [0.717, 1.165) is 34.0 Å². The molecule has 2 heterocycles. The molecule has 108 valence electrons. The molecular formula is C14H19N3OS2. The summed E-state index contributed by atoms with van der Waals surface area (Å²) in [6, 6.07) is 0. The van der Waals surface area contributed by atoms with Crippen molar-refractivity contribution in [3.63, 3.8) is 0 Å². The number of rotatable bonds is 5. The Hall–Kier alpha value is -1.14. The number of fused-ring (bicyclic) bond motifs is 1. The summed E-state index contributed by atoms with van der Waals surface area (Å²) in [6.07, 6.45) is 0.954. The molecule has 4 nitrogen and oxygen atoms in total. The first-order valence-electron chi connectivity index (χ1n) is 6.66. The lowest BCUT2D eigenvalue weighted by molar-refractivity contribution is -0.118. The third-order valence-corrected chi connectivity index (χ3v) is 5.10. The lowest BCUT2D eigenvalue weighted by Crippen LogP contribution is -2.25. The van der Waals surface area contributed by atoms with Crippen LogP contribution in [-0.2, 0) is 4.79 Å². The van der Waals surface area contributed by atoms with E-state index >= 15 is 0 Å². The Labute approximate surface area is 127 Å². The van der Waals surface area contributed by atoms with E-state index in [9.17, 15) is 4.79 Å². The van der Waals surface area contributed by atoms with Crippen molar-refractivity contribution in [3.8, 4) is 0 Å². The zero-order chi connectivity index (χ0) is 14.7. The van der Waals surface area contributed by atoms with Crippen molar-refractivity contribution in [2.45, 2.75) is 39.1 Å². The fourth-order valence-electron chi connectivity index (χ4n) is 1.87. The molecule has 0 radical (unpaired) electrons. The highest BCUT2D eigenvalue weighted by Crippen LogP contribution is 2.34. The Kier molecular flexibility index (Phi) is 4.99. The van der Waals surface area contributed by atoms with Crippen molar-refractivity contribution in [2.75, 3.05) is 12.3 Å². The zero-order valence-electron chi connectivity index (χ0n) is 12.2. The van der Waals surface area contributed by atoms with Crippen LogP contribution in [0, 0.1) is 20.8 Å². The van der Waals surface area contributed by atoms with Gasteiger partial charge in [-0.2, -0.15) is 0 Å². The van der Waals surface area contributed by atoms with Gasteiger partial charge in [-0.25, -0.2) is 9.97 Å². The molecule has 1 amide bonds. The molecule has 0 saturated heterocycles. The average Bonchev–Trinajstić information content (AvgIpc) is 2.68. The highest BCUT2D eigenvalue weighted by molar-refractivity contribution is 8.00. The Morgan fingerprint density at radius 1 is 1.30 bits per heavy atom. The van der Waals surface area contributed by atoms with Gasteiger partial charge in [-0.05, 0) is 32.8 Å². The quantitative estimate of drug-likeness (QED) is 0.680. The second-order valence-corrected chi connectivity index (χ2v) is 6.85. The second kappa shape index (κ2) is 6.54. The predicted molar refractivity (Wildman–Crippen MR) is 85.7 cm³/mol. The van der Waals surface area contributed by atoms with Crippen molar-refractivity contribution in [2.24, 2.45) is 0 Å². The maximum absolute atomic E-state index is 11.7. The van der Waals surface area contributed by atoms with E-state index in [1.807, 2.05) is 13.8 Å². The van der Waals surface area contributed by atoms with Crippen molar-refractivity contribution >= 4 is 39.2 Å². The summed E-state index contributed by atoms with van der Waals surface area (Å²) in [5.74, 6) is 1.22. The van der Waals surface area contributed by atoms with Gasteiger partial charge in [0.15, 0.2) is 0 Å². The number of thiophene rings is 1. The molecule has 0 bridgehead atoms. The second-order valence-electron chi connectivity index (χ2n) is 4.68. The van der Waals surface area contributed by atoms with Crippen molar-refractivity contribution < 1.29 is 4.79 Å². The molecule has 0 aliphatic carbocycles. The molecule has 0 fully saturated rings. The predicted octanol–water partition coefficient (Wildman–Crippen LogP) is 3.23. The van der Waals surface area contributed by atoms with E-state index < -0.39 is 0 Å². The maximum Gasteiger partial charge on any atom is 0.230 e. The molecule has 0 saturated carbocycles. The van der Waals surface area contributed by atoms with E-state index in [0.29, 0.717) is 5.75 Å². The number of carbonyl (C=O) groups excluding carboxylic acids is 1. The molecular weight excluding hydrogens is 290 g/mol. The Morgan fingerprint density at radius 3 is 2.75 bits per heavy atom. The summed E-state index contributed by atoms with van der Waals surface area (Å²) in [5.41, 5.74) is 1.22. The van der Waals surface area contributed by atoms with Gasteiger partial charge in [0.1, 0.15) is 15.7 Å². The number of nitrogens with one attached hydrogen (secondary N) is 1. The number of hydrogen-bond acceptors (Lipinski definition) is 5. The topological polar surface area (TPSA) is 54.9 Å². The first kappa shape index (κ1) is 15.3. The first-order valence-corrected chi connectivity index (χ1v) is 8.47. The summed E-state index contributed by atoms with van der Waals surface area (Å²) in [6.45, 7) is 8.86. The van der Waals surface area contributed by atoms with Gasteiger partial charge < -0.3 is 5.32 Å². The van der Waals surface area contributed by atoms with Crippen LogP contribution < -0.4 is 5.32 Å². The summed E-state index contributed by atoms with van der Waals surface area (Å²) in [5, 5.41) is 4.91. The van der Waals surface area contributed by atoms with Crippen LogP contribution in [0.15, 0.2) is 5.03 Å². The van der Waals surface area contributed by atoms with Crippen molar-refractivity contribution in [1.29, 1.82) is 0 Å². The molecule has 0 aromatic carbocycles. The van der Waals surface area contributed by atoms with Gasteiger partial charge in [-0.3, -0.25) is 4.79 Å². The van der Waals surface area contributed by atoms with Crippen LogP contribution in [0.2, 0.25) is 0 Å². The van der Waals surface area contributed by atoms with Gasteiger partial charge >= 0.3 is 0 Å². The number of aryl methyl sites for hydroxylation is 3. The van der Waals surface area contributed by atoms with Gasteiger partial charge in [-0.1, -0.05) is 18.7 Å². The minimum absolute atomic E-state index is 0.0610. The molecule has 0 aliphatic heterocycles. The molecule has 0 spiro atoms. The largest absolute Gasteiger partial charge is 0.355 e. The highest BCUT2D eigenvalue weighted by Gasteiger charge is 2.14. The van der Waals surface area contributed by atoms with Crippen molar-refractivity contribution in [3.05, 3.63) is 16.3 Å². The van der Waals surface area contributed by atoms with E-state index in [-0.39, 0.29) is 5.91 Å². The third kappa shape index (κ3) is 3.30. The van der Waals surface area contributed by atoms with E-state index in [1.54, 1.807) is 11.3 Å². The number of aromatic nitrogens is 2. The average molecular weight is 309 g/mol. The Morgan fingerprint density at radius 2 is 2.05 bits per heavy atom. The Balaban J connectivity index is 2.23. The molecule has 1 N–H and O–H groups in total. The minimum atomic E-state index is 0.0610. The van der Waals surface area contributed by atoms with Gasteiger partial charge in [0.25, 0.3) is 0 Å². The van der Waals surface area contributed by atoms with Crippen LogP contribution in [0.4, 0.5) is 0 Å². The zero-order valence-corrected chi connectivity index (χ0v) is 13.9. The molecule has 0 atom stereocenters. The first-order chi connectivity index (χ1) is 9.52. The van der Waals surface area contributed by atoms with Crippen LogP contribution in [0.3, 0.4) is 0 Å². The Bertz CT molecular complexity index is 637. The summed E-state index contributed by atoms with van der Waals surface area (Å²) < 4.78 is 0. The maximum atomic E-state index is 11.7. The van der Waals surface area contributed by atoms with Gasteiger partial charge in [0.05, 0.1) is 5.75 Å². The standard InChI is InChI=1S/C14H19N3OS2/c1-5-6-15-11(18)7-19-13-12-8(2)9(3)20-14(12)17-10(4)16-13/h5-7H2,1-4H3,(H,15,18). The minimum Gasteiger partial charge on any atom is -0.355 e. The normalized spacial score (nSPS) is 11.0. The summed E-state index contributed by atoms with van der Waals surface area (Å²) in [7, 11) is 0. The SMILES string of the molecule is CCCNC(=O)CSc1nc(C)nc2sc(C)c(C)c12. The van der Waals surface area contributed by atoms with Crippen molar-refractivity contribution in [1.82, 2.24) is 15.3 Å². The number of thioether (sulfide) groups is 1. The summed E-state index contributed by atoms with van der Waals surface area (Å²) in [4.78, 5) is 23.0. The molecule has 2 aromatic heterocycles. The molecule has 0 aliphatic rings. The van der Waals surface area contributed by atoms with E-state index in [2.05, 4.69) is 29.1 Å². The molecule has 2 aromatic rings. The molecule has 6 heteroatoms. The van der Waals surface area contributed by atoms with Gasteiger partial charge in [0, 0.05) is 16.8 Å². The van der Waals surface area contributed by atoms with Crippen LogP contribution in [0.5, 0.6) is 0 Å². The summed E-state index contributed by atoms with van der Waals surface area (Å²) >= 11 is 3.18. The number of nitrogens with zero attached hydrogens (tertiary/aromatic N) is 2.